The van der Waals surface area contributed by atoms with Crippen LogP contribution in [0.4, 0.5) is 0 Å². The van der Waals surface area contributed by atoms with E-state index in [4.69, 9.17) is 4.74 Å². The van der Waals surface area contributed by atoms with E-state index in [0.29, 0.717) is 11.8 Å². The lowest BCUT2D eigenvalue weighted by molar-refractivity contribution is 0.0348. The molecular weight excluding hydrogens is 212 g/mol. The normalized spacial score (nSPS) is 32.9. The van der Waals surface area contributed by atoms with Crippen LogP contribution in [0.1, 0.15) is 36.8 Å². The zero-order valence-electron chi connectivity index (χ0n) is 10.3. The number of hydrogen-bond acceptors (Lipinski definition) is 2. The summed E-state index contributed by atoms with van der Waals surface area (Å²) in [5.74, 6) is 0.900. The van der Waals surface area contributed by atoms with Crippen LogP contribution >= 0.6 is 0 Å². The highest BCUT2D eigenvalue weighted by Gasteiger charge is 2.35. The molecular formula is C15H20O2. The third-order valence-electron chi connectivity index (χ3n) is 4.42. The van der Waals surface area contributed by atoms with Gasteiger partial charge in [-0.05, 0) is 43.2 Å². The molecule has 0 aromatic heterocycles. The monoisotopic (exact) mass is 232 g/mol. The average molecular weight is 232 g/mol. The molecule has 0 amide bonds. The van der Waals surface area contributed by atoms with Gasteiger partial charge in [-0.2, -0.15) is 0 Å². The highest BCUT2D eigenvalue weighted by molar-refractivity contribution is 5.39. The first-order valence-electron chi connectivity index (χ1n) is 6.63. The molecule has 0 saturated carbocycles. The minimum atomic E-state index is -0.203. The van der Waals surface area contributed by atoms with Gasteiger partial charge in [0.25, 0.3) is 0 Å². The molecule has 1 aromatic carbocycles. The quantitative estimate of drug-likeness (QED) is 0.867. The van der Waals surface area contributed by atoms with Gasteiger partial charge in [0.15, 0.2) is 0 Å². The van der Waals surface area contributed by atoms with E-state index in [1.807, 2.05) is 0 Å². The van der Waals surface area contributed by atoms with Crippen LogP contribution in [0.5, 0.6) is 0 Å². The molecule has 1 saturated heterocycles. The first-order chi connectivity index (χ1) is 8.25. The predicted octanol–water partition coefficient (Wildman–Crippen LogP) is 2.50. The van der Waals surface area contributed by atoms with Crippen molar-refractivity contribution in [1.29, 1.82) is 0 Å². The van der Waals surface area contributed by atoms with Crippen LogP contribution in [0.2, 0.25) is 0 Å². The highest BCUT2D eigenvalue weighted by atomic mass is 16.5. The SMILES string of the molecule is CC1OCCC1C(O)CC1Cc2ccccc21. The van der Waals surface area contributed by atoms with Crippen molar-refractivity contribution in [3.05, 3.63) is 35.4 Å². The summed E-state index contributed by atoms with van der Waals surface area (Å²) in [7, 11) is 0. The molecule has 1 aliphatic heterocycles. The molecule has 4 unspecified atom stereocenters. The van der Waals surface area contributed by atoms with Gasteiger partial charge in [-0.15, -0.1) is 0 Å². The van der Waals surface area contributed by atoms with Crippen LogP contribution < -0.4 is 0 Å². The lowest BCUT2D eigenvalue weighted by atomic mass is 9.73. The van der Waals surface area contributed by atoms with Crippen LogP contribution in [0.15, 0.2) is 24.3 Å². The molecule has 92 valence electrons. The molecule has 1 N–H and O–H groups in total. The minimum absolute atomic E-state index is 0.203. The van der Waals surface area contributed by atoms with E-state index in [9.17, 15) is 5.11 Å². The number of benzene rings is 1. The van der Waals surface area contributed by atoms with E-state index in [1.54, 1.807) is 0 Å². The van der Waals surface area contributed by atoms with Gasteiger partial charge < -0.3 is 9.84 Å². The number of aliphatic hydroxyl groups is 1. The Hall–Kier alpha value is -0.860. The molecule has 1 aliphatic carbocycles. The predicted molar refractivity (Wildman–Crippen MR) is 67.0 cm³/mol. The zero-order chi connectivity index (χ0) is 11.8. The first-order valence-corrected chi connectivity index (χ1v) is 6.63. The lowest BCUT2D eigenvalue weighted by Gasteiger charge is -2.33. The summed E-state index contributed by atoms with van der Waals surface area (Å²) in [4.78, 5) is 0. The van der Waals surface area contributed by atoms with E-state index in [0.717, 1.165) is 25.9 Å². The fourth-order valence-corrected chi connectivity index (χ4v) is 3.29. The standard InChI is InChI=1S/C15H20O2/c1-10-13(6-7-17-10)15(16)9-12-8-11-4-2-3-5-14(11)12/h2-5,10,12-13,15-16H,6-9H2,1H3. The molecule has 0 spiro atoms. The fourth-order valence-electron chi connectivity index (χ4n) is 3.29. The molecule has 0 bridgehead atoms. The topological polar surface area (TPSA) is 29.5 Å². The van der Waals surface area contributed by atoms with Crippen molar-refractivity contribution in [3.63, 3.8) is 0 Å². The van der Waals surface area contributed by atoms with Crippen molar-refractivity contribution >= 4 is 0 Å². The average Bonchev–Trinajstić information content (AvgIpc) is 2.72. The second-order valence-electron chi connectivity index (χ2n) is 5.43. The van der Waals surface area contributed by atoms with Crippen molar-refractivity contribution in [2.75, 3.05) is 6.61 Å². The Balaban J connectivity index is 1.62. The lowest BCUT2D eigenvalue weighted by Crippen LogP contribution is -2.30. The van der Waals surface area contributed by atoms with Crippen molar-refractivity contribution in [2.45, 2.75) is 44.3 Å². The number of fused-ring (bicyclic) bond motifs is 1. The Bertz CT molecular complexity index is 402. The Morgan fingerprint density at radius 2 is 2.24 bits per heavy atom. The van der Waals surface area contributed by atoms with E-state index in [-0.39, 0.29) is 12.2 Å². The first kappa shape index (κ1) is 11.2. The molecule has 0 radical (unpaired) electrons. The molecule has 17 heavy (non-hydrogen) atoms. The van der Waals surface area contributed by atoms with Gasteiger partial charge >= 0.3 is 0 Å². The van der Waals surface area contributed by atoms with Gasteiger partial charge in [0.05, 0.1) is 12.2 Å². The van der Waals surface area contributed by atoms with Gasteiger partial charge in [0.1, 0.15) is 0 Å². The van der Waals surface area contributed by atoms with Crippen LogP contribution in [0.25, 0.3) is 0 Å². The maximum absolute atomic E-state index is 10.3. The van der Waals surface area contributed by atoms with Crippen LogP contribution in [0.3, 0.4) is 0 Å². The number of hydrogen-bond donors (Lipinski definition) is 1. The molecule has 4 atom stereocenters. The van der Waals surface area contributed by atoms with Crippen LogP contribution in [-0.2, 0) is 11.2 Å². The summed E-state index contributed by atoms with van der Waals surface area (Å²) in [5.41, 5.74) is 2.90. The number of aliphatic hydroxyl groups excluding tert-OH is 1. The molecule has 1 aromatic rings. The summed E-state index contributed by atoms with van der Waals surface area (Å²) >= 11 is 0. The van der Waals surface area contributed by atoms with Crippen molar-refractivity contribution in [2.24, 2.45) is 5.92 Å². The van der Waals surface area contributed by atoms with E-state index >= 15 is 0 Å². The molecule has 2 aliphatic rings. The Kier molecular flexibility index (Phi) is 2.93. The molecule has 3 rings (SSSR count). The summed E-state index contributed by atoms with van der Waals surface area (Å²) in [6.07, 6.45) is 3.06. The van der Waals surface area contributed by atoms with Gasteiger partial charge in [-0.3, -0.25) is 0 Å². The Morgan fingerprint density at radius 1 is 1.41 bits per heavy atom. The van der Waals surface area contributed by atoms with Gasteiger partial charge in [0.2, 0.25) is 0 Å². The Labute approximate surface area is 103 Å². The maximum Gasteiger partial charge on any atom is 0.0600 e. The molecule has 1 fully saturated rings. The summed E-state index contributed by atoms with van der Waals surface area (Å²) < 4.78 is 5.53. The summed E-state index contributed by atoms with van der Waals surface area (Å²) in [6, 6.07) is 8.58. The molecule has 2 nitrogen and oxygen atoms in total. The van der Waals surface area contributed by atoms with Crippen molar-refractivity contribution < 1.29 is 9.84 Å². The van der Waals surface area contributed by atoms with Crippen LogP contribution in [-0.4, -0.2) is 23.9 Å². The second kappa shape index (κ2) is 4.43. The number of rotatable bonds is 3. The van der Waals surface area contributed by atoms with Gasteiger partial charge in [-0.1, -0.05) is 24.3 Å². The largest absolute Gasteiger partial charge is 0.393 e. The zero-order valence-corrected chi connectivity index (χ0v) is 10.3. The molecule has 2 heteroatoms. The summed E-state index contributed by atoms with van der Waals surface area (Å²) in [5, 5.41) is 10.3. The van der Waals surface area contributed by atoms with E-state index < -0.39 is 0 Å². The number of ether oxygens (including phenoxy) is 1. The third-order valence-corrected chi connectivity index (χ3v) is 4.42. The highest BCUT2D eigenvalue weighted by Crippen LogP contribution is 2.40. The van der Waals surface area contributed by atoms with E-state index in [1.165, 1.54) is 11.1 Å². The third kappa shape index (κ3) is 2.00. The minimum Gasteiger partial charge on any atom is -0.393 e. The fraction of sp³-hybridized carbons (Fsp3) is 0.600. The van der Waals surface area contributed by atoms with Gasteiger partial charge in [-0.25, -0.2) is 0 Å². The van der Waals surface area contributed by atoms with Gasteiger partial charge in [0, 0.05) is 12.5 Å². The van der Waals surface area contributed by atoms with Crippen molar-refractivity contribution in [1.82, 2.24) is 0 Å². The maximum atomic E-state index is 10.3. The summed E-state index contributed by atoms with van der Waals surface area (Å²) in [6.45, 7) is 2.89. The smallest absolute Gasteiger partial charge is 0.0600 e. The van der Waals surface area contributed by atoms with E-state index in [2.05, 4.69) is 31.2 Å². The molecule has 1 heterocycles. The van der Waals surface area contributed by atoms with Crippen LogP contribution in [0, 0.1) is 5.92 Å². The van der Waals surface area contributed by atoms with Crippen molar-refractivity contribution in [3.8, 4) is 0 Å². The second-order valence-corrected chi connectivity index (χ2v) is 5.43. The Morgan fingerprint density at radius 3 is 2.94 bits per heavy atom.